The number of fused-ring (bicyclic) bond motifs is 1. The zero-order chi connectivity index (χ0) is 31.6. The highest BCUT2D eigenvalue weighted by molar-refractivity contribution is 7.90. The van der Waals surface area contributed by atoms with Crippen LogP contribution in [-0.4, -0.2) is 66.6 Å². The van der Waals surface area contributed by atoms with Gasteiger partial charge in [-0.25, -0.2) is 28.9 Å². The minimum atomic E-state index is -3.82. The van der Waals surface area contributed by atoms with Crippen molar-refractivity contribution < 1.29 is 37.1 Å². The summed E-state index contributed by atoms with van der Waals surface area (Å²) >= 11 is 6.46. The van der Waals surface area contributed by atoms with Crippen molar-refractivity contribution in [3.8, 4) is 0 Å². The number of nitrogens with two attached hydrogens (primary N) is 1. The van der Waals surface area contributed by atoms with Gasteiger partial charge in [0.15, 0.2) is 0 Å². The maximum absolute atomic E-state index is 13.1. The summed E-state index contributed by atoms with van der Waals surface area (Å²) < 4.78 is 44.1. The molecule has 3 heterocycles. The van der Waals surface area contributed by atoms with Crippen molar-refractivity contribution in [2.75, 3.05) is 19.5 Å². The number of halogens is 1. The fourth-order valence-electron chi connectivity index (χ4n) is 4.88. The number of aryl methyl sites for hydroxylation is 2. The van der Waals surface area contributed by atoms with Gasteiger partial charge in [-0.15, -0.1) is 0 Å². The first-order valence-electron chi connectivity index (χ1n) is 13.7. The number of hydrogen-bond acceptors (Lipinski definition) is 11. The Labute approximate surface area is 258 Å². The Morgan fingerprint density at radius 2 is 1.64 bits per heavy atom. The van der Waals surface area contributed by atoms with Gasteiger partial charge in [0.2, 0.25) is 15.0 Å². The SMILES string of the molecule is Cc1ccc(C(=O)OC[C@H]2O[C@@H](n3cc(CCON)c4c(Cl)nc(S(C)(=O)=O)nc43)C[C@@H]2OC(=O)c2ccc(C)cc2)cc1. The molecule has 0 radical (unpaired) electrons. The van der Waals surface area contributed by atoms with Crippen LogP contribution < -0.4 is 5.90 Å². The molecule has 232 valence electrons. The Bertz CT molecular complexity index is 1790. The number of aromatic nitrogens is 3. The molecule has 1 saturated heterocycles. The number of hydrogen-bond donors (Lipinski definition) is 1. The van der Waals surface area contributed by atoms with E-state index in [1.807, 2.05) is 13.8 Å². The van der Waals surface area contributed by atoms with Gasteiger partial charge in [0.25, 0.3) is 0 Å². The van der Waals surface area contributed by atoms with Crippen LogP contribution in [0.4, 0.5) is 0 Å². The Balaban J connectivity index is 1.47. The van der Waals surface area contributed by atoms with Gasteiger partial charge < -0.3 is 23.6 Å². The molecule has 1 fully saturated rings. The number of ether oxygens (including phenoxy) is 3. The van der Waals surface area contributed by atoms with Gasteiger partial charge in [-0.05, 0) is 43.7 Å². The van der Waals surface area contributed by atoms with Crippen molar-refractivity contribution in [2.24, 2.45) is 5.90 Å². The second-order valence-electron chi connectivity index (χ2n) is 10.6. The maximum Gasteiger partial charge on any atom is 0.338 e. The first-order valence-corrected chi connectivity index (χ1v) is 16.0. The third-order valence-electron chi connectivity index (χ3n) is 7.21. The van der Waals surface area contributed by atoms with E-state index < -0.39 is 45.4 Å². The van der Waals surface area contributed by atoms with E-state index in [2.05, 4.69) is 9.97 Å². The van der Waals surface area contributed by atoms with Crippen molar-refractivity contribution in [3.05, 3.63) is 87.7 Å². The summed E-state index contributed by atoms with van der Waals surface area (Å²) in [5.41, 5.74) is 3.52. The molecule has 14 heteroatoms. The fraction of sp³-hybridized carbons (Fsp3) is 0.333. The fourth-order valence-corrected chi connectivity index (χ4v) is 5.72. The summed E-state index contributed by atoms with van der Waals surface area (Å²) in [5.74, 6) is 4.12. The summed E-state index contributed by atoms with van der Waals surface area (Å²) in [4.78, 5) is 38.9. The molecule has 2 aromatic heterocycles. The van der Waals surface area contributed by atoms with Gasteiger partial charge >= 0.3 is 11.9 Å². The van der Waals surface area contributed by atoms with E-state index >= 15 is 0 Å². The van der Waals surface area contributed by atoms with Crippen molar-refractivity contribution in [2.45, 2.75) is 50.3 Å². The molecule has 0 bridgehead atoms. The van der Waals surface area contributed by atoms with E-state index in [1.54, 1.807) is 59.3 Å². The van der Waals surface area contributed by atoms with Crippen LogP contribution in [0.15, 0.2) is 59.9 Å². The lowest BCUT2D eigenvalue weighted by Gasteiger charge is -2.19. The molecule has 12 nitrogen and oxygen atoms in total. The molecule has 4 aromatic rings. The smallest absolute Gasteiger partial charge is 0.338 e. The Kier molecular flexibility index (Phi) is 9.32. The lowest BCUT2D eigenvalue weighted by atomic mass is 10.1. The van der Waals surface area contributed by atoms with E-state index in [4.69, 9.17) is 36.5 Å². The van der Waals surface area contributed by atoms with Crippen LogP contribution in [-0.2, 0) is 35.3 Å². The number of esters is 2. The van der Waals surface area contributed by atoms with Gasteiger partial charge in [0, 0.05) is 25.3 Å². The number of sulfone groups is 1. The molecule has 1 aliphatic rings. The summed E-state index contributed by atoms with van der Waals surface area (Å²) in [6.07, 6.45) is 0.631. The predicted molar refractivity (Wildman–Crippen MR) is 160 cm³/mol. The van der Waals surface area contributed by atoms with Crippen molar-refractivity contribution in [1.29, 1.82) is 0 Å². The molecule has 1 aliphatic heterocycles. The first kappa shape index (κ1) is 31.5. The monoisotopic (exact) mass is 642 g/mol. The molecule has 0 spiro atoms. The lowest BCUT2D eigenvalue weighted by molar-refractivity contribution is -0.0562. The average Bonchev–Trinajstić information content (AvgIpc) is 3.56. The van der Waals surface area contributed by atoms with Crippen LogP contribution in [0.5, 0.6) is 0 Å². The molecule has 0 unspecified atom stereocenters. The number of rotatable bonds is 10. The average molecular weight is 643 g/mol. The second-order valence-corrected chi connectivity index (χ2v) is 12.9. The third-order valence-corrected chi connectivity index (χ3v) is 8.33. The van der Waals surface area contributed by atoms with Gasteiger partial charge in [0.05, 0.1) is 23.1 Å². The Hall–Kier alpha value is -3.88. The molecule has 0 saturated carbocycles. The lowest BCUT2D eigenvalue weighted by Crippen LogP contribution is -2.32. The molecule has 0 amide bonds. The Morgan fingerprint density at radius 3 is 2.23 bits per heavy atom. The molecule has 2 aromatic carbocycles. The first-order chi connectivity index (χ1) is 20.9. The van der Waals surface area contributed by atoms with Gasteiger partial charge in [-0.3, -0.25) is 0 Å². The van der Waals surface area contributed by atoms with Gasteiger partial charge in [-0.1, -0.05) is 47.0 Å². The van der Waals surface area contributed by atoms with Crippen molar-refractivity contribution in [3.63, 3.8) is 0 Å². The summed E-state index contributed by atoms with van der Waals surface area (Å²) in [7, 11) is -3.82. The van der Waals surface area contributed by atoms with Crippen molar-refractivity contribution in [1.82, 2.24) is 14.5 Å². The van der Waals surface area contributed by atoms with Crippen LogP contribution in [0.1, 0.15) is 50.1 Å². The molecular weight excluding hydrogens is 612 g/mol. The zero-order valence-electron chi connectivity index (χ0n) is 24.2. The molecule has 5 rings (SSSR count). The summed E-state index contributed by atoms with van der Waals surface area (Å²) in [5, 5.41) is -0.118. The minimum Gasteiger partial charge on any atom is -0.459 e. The van der Waals surface area contributed by atoms with E-state index in [-0.39, 0.29) is 30.4 Å². The van der Waals surface area contributed by atoms with Crippen molar-refractivity contribution >= 4 is 44.4 Å². The Morgan fingerprint density at radius 1 is 1.02 bits per heavy atom. The predicted octanol–water partition coefficient (Wildman–Crippen LogP) is 3.91. The molecular formula is C30H31ClN4O8S. The van der Waals surface area contributed by atoms with E-state index in [1.165, 1.54) is 0 Å². The topological polar surface area (TPSA) is 162 Å². The standard InChI is InChI=1S/C30H31ClN4O8S/c1-17-4-8-19(9-5-17)28(36)40-16-23-22(43-29(37)20-10-6-18(2)7-11-20)14-24(42-23)35-15-21(12-13-41-32)25-26(31)33-30(34-27(25)35)44(3,38)39/h4-11,15,22-24H,12-14,16,32H2,1-3H3/t22-,23+,24+/m0/s1. The minimum absolute atomic E-state index is 0.0647. The normalized spacial score (nSPS) is 18.4. The largest absolute Gasteiger partial charge is 0.459 e. The highest BCUT2D eigenvalue weighted by Crippen LogP contribution is 2.37. The summed E-state index contributed by atoms with van der Waals surface area (Å²) in [6, 6.07) is 13.8. The molecule has 2 N–H and O–H groups in total. The molecule has 0 aliphatic carbocycles. The highest BCUT2D eigenvalue weighted by Gasteiger charge is 2.41. The van der Waals surface area contributed by atoms with E-state index in [9.17, 15) is 18.0 Å². The number of carbonyl (C=O) groups is 2. The number of nitrogens with zero attached hydrogens (tertiary/aromatic N) is 3. The van der Waals surface area contributed by atoms with Crippen LogP contribution >= 0.6 is 11.6 Å². The van der Waals surface area contributed by atoms with Crippen LogP contribution in [0.2, 0.25) is 5.15 Å². The van der Waals surface area contributed by atoms with Crippen LogP contribution in [0.3, 0.4) is 0 Å². The van der Waals surface area contributed by atoms with Crippen LogP contribution in [0.25, 0.3) is 11.0 Å². The number of carbonyl (C=O) groups excluding carboxylic acids is 2. The quantitative estimate of drug-likeness (QED) is 0.115. The van der Waals surface area contributed by atoms with E-state index in [0.29, 0.717) is 28.5 Å². The summed E-state index contributed by atoms with van der Waals surface area (Å²) in [6.45, 7) is 3.74. The number of benzene rings is 2. The maximum atomic E-state index is 13.1. The van der Waals surface area contributed by atoms with E-state index in [0.717, 1.165) is 17.4 Å². The zero-order valence-corrected chi connectivity index (χ0v) is 25.8. The second kappa shape index (κ2) is 13.0. The van der Waals surface area contributed by atoms with Gasteiger partial charge in [-0.2, -0.15) is 4.98 Å². The third kappa shape index (κ3) is 6.92. The van der Waals surface area contributed by atoms with Gasteiger partial charge in [0.1, 0.15) is 35.8 Å². The van der Waals surface area contributed by atoms with Crippen LogP contribution in [0, 0.1) is 13.8 Å². The highest BCUT2D eigenvalue weighted by atomic mass is 35.5. The molecule has 3 atom stereocenters. The molecule has 44 heavy (non-hydrogen) atoms.